The van der Waals surface area contributed by atoms with Crippen molar-refractivity contribution in [2.45, 2.75) is 18.3 Å². The maximum Gasteiger partial charge on any atom is 0.239 e. The van der Waals surface area contributed by atoms with Gasteiger partial charge in [-0.2, -0.15) is 0 Å². The van der Waals surface area contributed by atoms with E-state index in [-0.39, 0.29) is 23.5 Å². The van der Waals surface area contributed by atoms with Crippen LogP contribution in [0.2, 0.25) is 0 Å². The number of benzene rings is 3. The predicted molar refractivity (Wildman–Crippen MR) is 125 cm³/mol. The van der Waals surface area contributed by atoms with Crippen LogP contribution in [0.1, 0.15) is 35.1 Å². The summed E-state index contributed by atoms with van der Waals surface area (Å²) in [5, 5.41) is 0. The molecule has 7 rings (SSSR count). The third kappa shape index (κ3) is 2.17. The molecule has 1 aliphatic heterocycles. The van der Waals surface area contributed by atoms with Gasteiger partial charge in [-0.3, -0.25) is 14.4 Å². The highest BCUT2D eigenvalue weighted by molar-refractivity contribution is 14.1. The molecule has 0 saturated carbocycles. The number of rotatable bonds is 2. The van der Waals surface area contributed by atoms with Gasteiger partial charge in [0.25, 0.3) is 0 Å². The molecule has 2 amide bonds. The van der Waals surface area contributed by atoms with E-state index in [1.165, 1.54) is 4.90 Å². The van der Waals surface area contributed by atoms with Gasteiger partial charge in [0.2, 0.25) is 11.8 Å². The van der Waals surface area contributed by atoms with Gasteiger partial charge in [0.15, 0.2) is 0 Å². The Kier molecular flexibility index (Phi) is 3.88. The first kappa shape index (κ1) is 18.9. The Bertz CT molecular complexity index is 1250. The zero-order valence-corrected chi connectivity index (χ0v) is 18.9. The summed E-state index contributed by atoms with van der Waals surface area (Å²) in [5.74, 6) is -2.13. The monoisotopic (exact) mass is 519 g/mol. The number of hydrogen-bond acceptors (Lipinski definition) is 3. The maximum atomic E-state index is 13.9. The third-order valence-corrected chi connectivity index (χ3v) is 7.98. The van der Waals surface area contributed by atoms with Crippen LogP contribution in [0.5, 0.6) is 0 Å². The number of imide groups is 1. The number of anilines is 1. The topological polar surface area (TPSA) is 54.5 Å². The summed E-state index contributed by atoms with van der Waals surface area (Å²) in [7, 11) is 0. The second kappa shape index (κ2) is 6.36. The Labute approximate surface area is 193 Å². The Hall–Kier alpha value is -2.80. The summed E-state index contributed by atoms with van der Waals surface area (Å²) in [6.45, 7) is 1.56. The molecule has 0 unspecified atom stereocenters. The van der Waals surface area contributed by atoms with Crippen molar-refractivity contribution in [3.8, 4) is 0 Å². The SMILES string of the molecule is CC(=O)C12c3ccccc3C(c3ccccc31)[C@H]1C(=O)N(c3ccc(I)cc3)C(=O)[C@H]12. The fourth-order valence-corrected chi connectivity index (χ4v) is 6.57. The van der Waals surface area contributed by atoms with E-state index in [2.05, 4.69) is 22.6 Å². The molecule has 3 aliphatic carbocycles. The minimum Gasteiger partial charge on any atom is -0.299 e. The van der Waals surface area contributed by atoms with E-state index in [0.717, 1.165) is 25.8 Å². The van der Waals surface area contributed by atoms with Crippen LogP contribution in [-0.2, 0) is 19.8 Å². The van der Waals surface area contributed by atoms with Crippen LogP contribution < -0.4 is 4.90 Å². The molecule has 3 aromatic rings. The summed E-state index contributed by atoms with van der Waals surface area (Å²) in [5.41, 5.74) is 3.15. The smallest absolute Gasteiger partial charge is 0.239 e. The van der Waals surface area contributed by atoms with Crippen LogP contribution >= 0.6 is 22.6 Å². The summed E-state index contributed by atoms with van der Waals surface area (Å²) in [6.07, 6.45) is 0. The highest BCUT2D eigenvalue weighted by Crippen LogP contribution is 2.64. The standard InChI is InChI=1S/C26H18INO3/c1-14(29)26-19-8-4-2-6-17(19)21(18-7-3-5-9-20(18)26)22-23(26)25(31)28(24(22)30)16-12-10-15(27)11-13-16/h2-13,21-23H,1H3/t21?,22-,23+,26?/m1/s1. The lowest BCUT2D eigenvalue weighted by atomic mass is 9.46. The number of nitrogens with zero attached hydrogens (tertiary/aromatic N) is 1. The van der Waals surface area contributed by atoms with Crippen LogP contribution in [0, 0.1) is 15.4 Å². The van der Waals surface area contributed by atoms with Gasteiger partial charge in [-0.1, -0.05) is 48.5 Å². The van der Waals surface area contributed by atoms with Crippen molar-refractivity contribution in [1.82, 2.24) is 0 Å². The molecule has 152 valence electrons. The van der Waals surface area contributed by atoms with E-state index < -0.39 is 17.3 Å². The van der Waals surface area contributed by atoms with E-state index in [1.54, 1.807) is 19.1 Å². The minimum atomic E-state index is -1.14. The molecule has 1 heterocycles. The Morgan fingerprint density at radius 2 is 1.39 bits per heavy atom. The first-order chi connectivity index (χ1) is 15.0. The molecule has 2 atom stereocenters. The summed E-state index contributed by atoms with van der Waals surface area (Å²) < 4.78 is 1.03. The molecule has 5 heteroatoms. The first-order valence-electron chi connectivity index (χ1n) is 10.3. The Morgan fingerprint density at radius 3 is 1.94 bits per heavy atom. The van der Waals surface area contributed by atoms with Crippen molar-refractivity contribution < 1.29 is 14.4 Å². The average Bonchev–Trinajstić information content (AvgIpc) is 3.05. The third-order valence-electron chi connectivity index (χ3n) is 7.26. The molecule has 4 aliphatic rings. The van der Waals surface area contributed by atoms with Gasteiger partial charge < -0.3 is 0 Å². The van der Waals surface area contributed by atoms with E-state index >= 15 is 0 Å². The number of carbonyl (C=O) groups is 3. The molecule has 0 radical (unpaired) electrons. The minimum absolute atomic E-state index is 0.0915. The van der Waals surface area contributed by atoms with Crippen molar-refractivity contribution in [1.29, 1.82) is 0 Å². The highest BCUT2D eigenvalue weighted by Gasteiger charge is 2.69. The van der Waals surface area contributed by atoms with Crippen molar-refractivity contribution in [3.05, 3.63) is 98.6 Å². The second-order valence-electron chi connectivity index (χ2n) is 8.51. The van der Waals surface area contributed by atoms with Crippen LogP contribution in [0.3, 0.4) is 0 Å². The van der Waals surface area contributed by atoms with Crippen molar-refractivity contribution in [3.63, 3.8) is 0 Å². The van der Waals surface area contributed by atoms with Gasteiger partial charge >= 0.3 is 0 Å². The summed E-state index contributed by atoms with van der Waals surface area (Å²) >= 11 is 2.20. The lowest BCUT2D eigenvalue weighted by Crippen LogP contribution is -2.57. The number of halogens is 1. The van der Waals surface area contributed by atoms with Gasteiger partial charge in [0, 0.05) is 9.49 Å². The Balaban J connectivity index is 1.67. The van der Waals surface area contributed by atoms with Crippen molar-refractivity contribution in [2.75, 3.05) is 4.90 Å². The van der Waals surface area contributed by atoms with Gasteiger partial charge in [0.1, 0.15) is 5.78 Å². The summed E-state index contributed by atoms with van der Waals surface area (Å²) in [6, 6.07) is 23.0. The van der Waals surface area contributed by atoms with Crippen molar-refractivity contribution in [2.24, 2.45) is 11.8 Å². The molecule has 2 bridgehead atoms. The number of ketones is 1. The molecule has 31 heavy (non-hydrogen) atoms. The zero-order valence-electron chi connectivity index (χ0n) is 16.7. The molecule has 1 saturated heterocycles. The van der Waals surface area contributed by atoms with E-state index in [0.29, 0.717) is 5.69 Å². The fraction of sp³-hybridized carbons (Fsp3) is 0.192. The molecule has 1 fully saturated rings. The normalized spacial score (nSPS) is 27.7. The molecule has 0 aromatic heterocycles. The molecule has 0 N–H and O–H groups in total. The number of hydrogen-bond donors (Lipinski definition) is 0. The largest absolute Gasteiger partial charge is 0.299 e. The van der Waals surface area contributed by atoms with Crippen molar-refractivity contribution >= 4 is 45.9 Å². The van der Waals surface area contributed by atoms with E-state index in [1.807, 2.05) is 60.7 Å². The van der Waals surface area contributed by atoms with Crippen LogP contribution in [0.4, 0.5) is 5.69 Å². The molecular weight excluding hydrogens is 501 g/mol. The second-order valence-corrected chi connectivity index (χ2v) is 9.75. The Morgan fingerprint density at radius 1 is 0.839 bits per heavy atom. The van der Waals surface area contributed by atoms with Gasteiger partial charge in [-0.05, 0) is 76.0 Å². The quantitative estimate of drug-likeness (QED) is 0.372. The van der Waals surface area contributed by atoms with Crippen LogP contribution in [0.25, 0.3) is 0 Å². The molecule has 3 aromatic carbocycles. The number of carbonyl (C=O) groups excluding carboxylic acids is 3. The van der Waals surface area contributed by atoms with Crippen LogP contribution in [-0.4, -0.2) is 17.6 Å². The fourth-order valence-electron chi connectivity index (χ4n) is 6.21. The van der Waals surface area contributed by atoms with E-state index in [9.17, 15) is 14.4 Å². The number of Topliss-reactive ketones (excluding diaryl/α,β-unsaturated/α-hetero) is 1. The van der Waals surface area contributed by atoms with Gasteiger partial charge in [-0.25, -0.2) is 4.90 Å². The van der Waals surface area contributed by atoms with Gasteiger partial charge in [0.05, 0.1) is 22.9 Å². The average molecular weight is 519 g/mol. The lowest BCUT2D eigenvalue weighted by Gasteiger charge is -2.52. The van der Waals surface area contributed by atoms with Gasteiger partial charge in [-0.15, -0.1) is 0 Å². The van der Waals surface area contributed by atoms with E-state index in [4.69, 9.17) is 0 Å². The molecule has 4 nitrogen and oxygen atoms in total. The highest BCUT2D eigenvalue weighted by atomic mass is 127. The predicted octanol–water partition coefficient (Wildman–Crippen LogP) is 4.43. The zero-order chi connectivity index (χ0) is 21.5. The molecule has 0 spiro atoms. The number of amides is 2. The van der Waals surface area contributed by atoms with Crippen LogP contribution in [0.15, 0.2) is 72.8 Å². The maximum absolute atomic E-state index is 13.9. The summed E-state index contributed by atoms with van der Waals surface area (Å²) in [4.78, 5) is 42.5. The lowest BCUT2D eigenvalue weighted by molar-refractivity contribution is -0.132. The first-order valence-corrected chi connectivity index (χ1v) is 11.4. The molecular formula is C26H18INO3.